The zero-order valence-electron chi connectivity index (χ0n) is 12.2. The van der Waals surface area contributed by atoms with Gasteiger partial charge in [0.1, 0.15) is 0 Å². The fraction of sp³-hybridized carbons (Fsp3) is 0.615. The Kier molecular flexibility index (Phi) is 4.08. The van der Waals surface area contributed by atoms with Gasteiger partial charge in [0, 0.05) is 26.2 Å². The SMILES string of the molecule is CCn1c(=O)c2c(ncn2CCN)n(CC(C)C)c1=O. The van der Waals surface area contributed by atoms with Gasteiger partial charge in [-0.1, -0.05) is 13.8 Å². The third-order valence-electron chi connectivity index (χ3n) is 3.22. The topological polar surface area (TPSA) is 87.8 Å². The van der Waals surface area contributed by atoms with Gasteiger partial charge in [-0.25, -0.2) is 9.78 Å². The van der Waals surface area contributed by atoms with Crippen LogP contribution < -0.4 is 17.0 Å². The minimum Gasteiger partial charge on any atom is -0.329 e. The maximum absolute atomic E-state index is 12.4. The highest BCUT2D eigenvalue weighted by atomic mass is 16.2. The van der Waals surface area contributed by atoms with Gasteiger partial charge in [0.2, 0.25) is 0 Å². The lowest BCUT2D eigenvalue weighted by atomic mass is 10.2. The average molecular weight is 279 g/mol. The molecule has 0 aliphatic rings. The number of nitrogens with two attached hydrogens (primary N) is 1. The molecule has 2 rings (SSSR count). The summed E-state index contributed by atoms with van der Waals surface area (Å²) in [6.07, 6.45) is 1.58. The van der Waals surface area contributed by atoms with Crippen molar-refractivity contribution in [3.05, 3.63) is 27.2 Å². The van der Waals surface area contributed by atoms with Crippen LogP contribution in [-0.4, -0.2) is 25.2 Å². The highest BCUT2D eigenvalue weighted by molar-refractivity contribution is 5.70. The first-order chi connectivity index (χ1) is 9.51. The van der Waals surface area contributed by atoms with E-state index >= 15 is 0 Å². The van der Waals surface area contributed by atoms with Gasteiger partial charge in [0.05, 0.1) is 6.33 Å². The monoisotopic (exact) mass is 279 g/mol. The number of hydrogen-bond acceptors (Lipinski definition) is 4. The predicted octanol–water partition coefficient (Wildman–Crippen LogP) is -0.00570. The van der Waals surface area contributed by atoms with E-state index in [0.717, 1.165) is 0 Å². The molecule has 0 saturated carbocycles. The Bertz CT molecular complexity index is 723. The van der Waals surface area contributed by atoms with Gasteiger partial charge in [-0.05, 0) is 12.8 Å². The van der Waals surface area contributed by atoms with Crippen LogP contribution in [0.15, 0.2) is 15.9 Å². The molecule has 2 heterocycles. The van der Waals surface area contributed by atoms with Crippen molar-refractivity contribution in [3.63, 3.8) is 0 Å². The molecule has 0 spiro atoms. The van der Waals surface area contributed by atoms with E-state index in [1.165, 1.54) is 4.57 Å². The second-order valence-corrected chi connectivity index (χ2v) is 5.24. The molecule has 0 fully saturated rings. The molecule has 0 aliphatic heterocycles. The summed E-state index contributed by atoms with van der Waals surface area (Å²) in [7, 11) is 0. The minimum absolute atomic E-state index is 0.290. The Labute approximate surface area is 116 Å². The highest BCUT2D eigenvalue weighted by Gasteiger charge is 2.17. The molecule has 7 heteroatoms. The summed E-state index contributed by atoms with van der Waals surface area (Å²) in [6.45, 7) is 7.65. The van der Waals surface area contributed by atoms with E-state index in [4.69, 9.17) is 5.73 Å². The first-order valence-electron chi connectivity index (χ1n) is 6.89. The zero-order valence-corrected chi connectivity index (χ0v) is 12.2. The smallest absolute Gasteiger partial charge is 0.329 e. The Morgan fingerprint density at radius 1 is 1.30 bits per heavy atom. The van der Waals surface area contributed by atoms with Crippen molar-refractivity contribution in [1.82, 2.24) is 18.7 Å². The van der Waals surface area contributed by atoms with E-state index < -0.39 is 0 Å². The minimum atomic E-state index is -0.295. The van der Waals surface area contributed by atoms with E-state index in [1.807, 2.05) is 13.8 Å². The Balaban J connectivity index is 2.84. The maximum atomic E-state index is 12.4. The summed E-state index contributed by atoms with van der Waals surface area (Å²) >= 11 is 0. The van der Waals surface area contributed by atoms with Crippen LogP contribution >= 0.6 is 0 Å². The second kappa shape index (κ2) is 5.62. The van der Waals surface area contributed by atoms with Crippen molar-refractivity contribution in [2.24, 2.45) is 11.7 Å². The van der Waals surface area contributed by atoms with Crippen LogP contribution in [0.3, 0.4) is 0 Å². The van der Waals surface area contributed by atoms with Gasteiger partial charge in [0.25, 0.3) is 5.56 Å². The molecular weight excluding hydrogens is 258 g/mol. The van der Waals surface area contributed by atoms with Crippen LogP contribution in [0.4, 0.5) is 0 Å². The number of fused-ring (bicyclic) bond motifs is 1. The summed E-state index contributed by atoms with van der Waals surface area (Å²) in [5.41, 5.74) is 5.87. The lowest BCUT2D eigenvalue weighted by molar-refractivity contribution is 0.491. The van der Waals surface area contributed by atoms with E-state index in [1.54, 1.807) is 22.4 Å². The van der Waals surface area contributed by atoms with Crippen molar-refractivity contribution in [2.45, 2.75) is 40.4 Å². The molecule has 20 heavy (non-hydrogen) atoms. The highest BCUT2D eigenvalue weighted by Crippen LogP contribution is 2.08. The van der Waals surface area contributed by atoms with Crippen molar-refractivity contribution in [3.8, 4) is 0 Å². The third kappa shape index (κ3) is 2.29. The van der Waals surface area contributed by atoms with E-state index in [2.05, 4.69) is 4.98 Å². The van der Waals surface area contributed by atoms with Crippen molar-refractivity contribution < 1.29 is 0 Å². The van der Waals surface area contributed by atoms with Crippen LogP contribution in [0.1, 0.15) is 20.8 Å². The standard InChI is InChI=1S/C13H21N5O2/c1-4-17-12(19)10-11(15-8-16(10)6-5-14)18(13(17)20)7-9(2)3/h8-9H,4-7,14H2,1-3H3. The fourth-order valence-electron chi connectivity index (χ4n) is 2.36. The van der Waals surface area contributed by atoms with Gasteiger partial charge in [-0.15, -0.1) is 0 Å². The molecule has 2 aromatic rings. The Morgan fingerprint density at radius 3 is 2.55 bits per heavy atom. The number of imidazole rings is 1. The van der Waals surface area contributed by atoms with Gasteiger partial charge < -0.3 is 10.3 Å². The molecule has 0 atom stereocenters. The quantitative estimate of drug-likeness (QED) is 0.834. The summed E-state index contributed by atoms with van der Waals surface area (Å²) in [5, 5.41) is 0. The van der Waals surface area contributed by atoms with E-state index in [-0.39, 0.29) is 11.2 Å². The summed E-state index contributed by atoms with van der Waals surface area (Å²) < 4.78 is 4.55. The Morgan fingerprint density at radius 2 is 2.00 bits per heavy atom. The van der Waals surface area contributed by atoms with Crippen molar-refractivity contribution >= 4 is 11.2 Å². The van der Waals surface area contributed by atoms with Crippen LogP contribution in [0.5, 0.6) is 0 Å². The lowest BCUT2D eigenvalue weighted by Crippen LogP contribution is -2.41. The molecule has 2 N–H and O–H groups in total. The number of nitrogens with zero attached hydrogens (tertiary/aromatic N) is 4. The van der Waals surface area contributed by atoms with Gasteiger partial charge in [-0.2, -0.15) is 0 Å². The largest absolute Gasteiger partial charge is 0.332 e. The normalized spacial score (nSPS) is 11.7. The van der Waals surface area contributed by atoms with E-state index in [0.29, 0.717) is 43.3 Å². The summed E-state index contributed by atoms with van der Waals surface area (Å²) in [4.78, 5) is 29.1. The molecule has 0 radical (unpaired) electrons. The molecule has 110 valence electrons. The fourth-order valence-corrected chi connectivity index (χ4v) is 2.36. The van der Waals surface area contributed by atoms with Crippen LogP contribution in [0.25, 0.3) is 11.2 Å². The molecular formula is C13H21N5O2. The molecule has 0 bridgehead atoms. The summed E-state index contributed by atoms with van der Waals surface area (Å²) in [5.74, 6) is 0.290. The van der Waals surface area contributed by atoms with E-state index in [9.17, 15) is 9.59 Å². The average Bonchev–Trinajstić information content (AvgIpc) is 2.79. The van der Waals surface area contributed by atoms with Crippen LogP contribution in [-0.2, 0) is 19.6 Å². The van der Waals surface area contributed by atoms with Gasteiger partial charge in [-0.3, -0.25) is 13.9 Å². The zero-order chi connectivity index (χ0) is 14.9. The predicted molar refractivity (Wildman–Crippen MR) is 77.8 cm³/mol. The molecule has 2 aromatic heterocycles. The number of aromatic nitrogens is 4. The molecule has 0 aromatic carbocycles. The van der Waals surface area contributed by atoms with Gasteiger partial charge in [0.15, 0.2) is 11.2 Å². The molecule has 0 amide bonds. The first-order valence-corrected chi connectivity index (χ1v) is 6.89. The Hall–Kier alpha value is -1.89. The maximum Gasteiger partial charge on any atom is 0.332 e. The molecule has 7 nitrogen and oxygen atoms in total. The summed E-state index contributed by atoms with van der Waals surface area (Å²) in [6, 6.07) is 0. The van der Waals surface area contributed by atoms with Crippen LogP contribution in [0.2, 0.25) is 0 Å². The van der Waals surface area contributed by atoms with Gasteiger partial charge >= 0.3 is 5.69 Å². The molecule has 0 aliphatic carbocycles. The number of rotatable bonds is 5. The van der Waals surface area contributed by atoms with Crippen LogP contribution in [0, 0.1) is 5.92 Å². The number of hydrogen-bond donors (Lipinski definition) is 1. The van der Waals surface area contributed by atoms with Crippen molar-refractivity contribution in [2.75, 3.05) is 6.54 Å². The first kappa shape index (κ1) is 14.5. The molecule has 0 unspecified atom stereocenters. The lowest BCUT2D eigenvalue weighted by Gasteiger charge is -2.12. The molecule has 0 saturated heterocycles. The van der Waals surface area contributed by atoms with Crippen molar-refractivity contribution in [1.29, 1.82) is 0 Å². The second-order valence-electron chi connectivity index (χ2n) is 5.24. The third-order valence-corrected chi connectivity index (χ3v) is 3.22.